The second-order valence-corrected chi connectivity index (χ2v) is 7.79. The third-order valence-electron chi connectivity index (χ3n) is 5.07. The number of likely N-dealkylation sites (tertiary alicyclic amines) is 1. The van der Waals surface area contributed by atoms with Crippen LogP contribution in [0.1, 0.15) is 30.0 Å². The Morgan fingerprint density at radius 2 is 1.88 bits per heavy atom. The maximum atomic E-state index is 4.68. The van der Waals surface area contributed by atoms with Crippen molar-refractivity contribution in [2.24, 2.45) is 0 Å². The molecule has 2 heterocycles. The Hall–Kier alpha value is -1.78. The summed E-state index contributed by atoms with van der Waals surface area (Å²) in [6, 6.07) is 18.1. The molecule has 1 aliphatic heterocycles. The summed E-state index contributed by atoms with van der Waals surface area (Å²) in [5.74, 6) is 1.10. The third-order valence-corrected chi connectivity index (χ3v) is 5.69. The van der Waals surface area contributed by atoms with Crippen molar-refractivity contribution in [3.63, 3.8) is 0 Å². The molecule has 0 amide bonds. The van der Waals surface area contributed by atoms with Gasteiger partial charge in [0.25, 0.3) is 0 Å². The van der Waals surface area contributed by atoms with Gasteiger partial charge in [-0.2, -0.15) is 16.9 Å². The zero-order valence-corrected chi connectivity index (χ0v) is 15.6. The van der Waals surface area contributed by atoms with Crippen molar-refractivity contribution in [3.05, 3.63) is 65.9 Å². The zero-order valence-electron chi connectivity index (χ0n) is 14.8. The van der Waals surface area contributed by atoms with Gasteiger partial charge in [0.05, 0.1) is 17.8 Å². The molecule has 2 aromatic carbocycles. The normalized spacial score (nSPS) is 18.7. The van der Waals surface area contributed by atoms with E-state index in [1.54, 1.807) is 0 Å². The van der Waals surface area contributed by atoms with Crippen molar-refractivity contribution >= 4 is 22.7 Å². The number of piperidine rings is 1. The van der Waals surface area contributed by atoms with E-state index in [0.29, 0.717) is 6.04 Å². The highest BCUT2D eigenvalue weighted by Crippen LogP contribution is 2.26. The second kappa shape index (κ2) is 7.63. The van der Waals surface area contributed by atoms with Crippen LogP contribution in [-0.2, 0) is 12.3 Å². The number of para-hydroxylation sites is 1. The molecule has 1 saturated heterocycles. The Kier molecular flexibility index (Phi) is 5.09. The highest BCUT2D eigenvalue weighted by atomic mass is 32.2. The molecule has 3 nitrogen and oxygen atoms in total. The highest BCUT2D eigenvalue weighted by Gasteiger charge is 2.23. The van der Waals surface area contributed by atoms with Crippen LogP contribution in [0.2, 0.25) is 0 Å². The van der Waals surface area contributed by atoms with Crippen LogP contribution in [0.3, 0.4) is 0 Å². The highest BCUT2D eigenvalue weighted by molar-refractivity contribution is 7.97. The average Bonchev–Trinajstić information content (AvgIpc) is 3.08. The minimum atomic E-state index is 0.476. The first-order chi connectivity index (χ1) is 12.3. The van der Waals surface area contributed by atoms with Crippen molar-refractivity contribution in [3.8, 4) is 0 Å². The van der Waals surface area contributed by atoms with Crippen LogP contribution in [0, 0.1) is 0 Å². The largest absolute Gasteiger partial charge is 0.297 e. The molecule has 0 radical (unpaired) electrons. The fourth-order valence-corrected chi connectivity index (χ4v) is 4.35. The van der Waals surface area contributed by atoms with Crippen LogP contribution in [0.4, 0.5) is 0 Å². The van der Waals surface area contributed by atoms with Gasteiger partial charge >= 0.3 is 0 Å². The SMILES string of the molecule is CSCc1ccc(CN2CCCC(n3ncc4ccccc43)C2)cc1. The summed E-state index contributed by atoms with van der Waals surface area (Å²) in [5.41, 5.74) is 4.09. The maximum absolute atomic E-state index is 4.68. The lowest BCUT2D eigenvalue weighted by Gasteiger charge is -2.33. The number of fused-ring (bicyclic) bond motifs is 1. The van der Waals surface area contributed by atoms with Crippen molar-refractivity contribution in [2.45, 2.75) is 31.2 Å². The Balaban J connectivity index is 1.45. The predicted octanol–water partition coefficient (Wildman–Crippen LogP) is 4.74. The zero-order chi connectivity index (χ0) is 17.1. The first kappa shape index (κ1) is 16.7. The first-order valence-corrected chi connectivity index (χ1v) is 10.4. The summed E-state index contributed by atoms with van der Waals surface area (Å²) in [4.78, 5) is 2.58. The van der Waals surface area contributed by atoms with E-state index in [2.05, 4.69) is 69.5 Å². The van der Waals surface area contributed by atoms with Gasteiger partial charge in [-0.3, -0.25) is 9.58 Å². The lowest BCUT2D eigenvalue weighted by atomic mass is 10.0. The smallest absolute Gasteiger partial charge is 0.0686 e. The summed E-state index contributed by atoms with van der Waals surface area (Å²) in [5, 5.41) is 5.92. The first-order valence-electron chi connectivity index (χ1n) is 9.05. The van der Waals surface area contributed by atoms with Crippen LogP contribution in [-0.4, -0.2) is 34.0 Å². The fourth-order valence-electron chi connectivity index (χ4n) is 3.82. The number of hydrogen-bond acceptors (Lipinski definition) is 3. The number of hydrogen-bond donors (Lipinski definition) is 0. The summed E-state index contributed by atoms with van der Waals surface area (Å²) in [7, 11) is 0. The van der Waals surface area contributed by atoms with Gasteiger partial charge < -0.3 is 0 Å². The molecule has 0 spiro atoms. The molecule has 0 aliphatic carbocycles. The maximum Gasteiger partial charge on any atom is 0.0686 e. The van der Waals surface area contributed by atoms with Gasteiger partial charge in [-0.05, 0) is 42.8 Å². The molecule has 4 rings (SSSR count). The van der Waals surface area contributed by atoms with Crippen LogP contribution in [0.15, 0.2) is 54.7 Å². The third kappa shape index (κ3) is 3.75. The van der Waals surface area contributed by atoms with Crippen molar-refractivity contribution in [2.75, 3.05) is 19.3 Å². The Bertz CT molecular complexity index is 825. The van der Waals surface area contributed by atoms with Gasteiger partial charge in [-0.25, -0.2) is 0 Å². The molecule has 0 N–H and O–H groups in total. The van der Waals surface area contributed by atoms with Gasteiger partial charge in [-0.1, -0.05) is 42.5 Å². The van der Waals surface area contributed by atoms with E-state index in [-0.39, 0.29) is 0 Å². The van der Waals surface area contributed by atoms with Gasteiger partial charge in [-0.15, -0.1) is 0 Å². The van der Waals surface area contributed by atoms with Gasteiger partial charge in [0.1, 0.15) is 0 Å². The van der Waals surface area contributed by atoms with E-state index in [9.17, 15) is 0 Å². The summed E-state index contributed by atoms with van der Waals surface area (Å²) in [6.07, 6.45) is 6.61. The summed E-state index contributed by atoms with van der Waals surface area (Å²) < 4.78 is 2.24. The van der Waals surface area contributed by atoms with Crippen molar-refractivity contribution < 1.29 is 0 Å². The Morgan fingerprint density at radius 1 is 1.08 bits per heavy atom. The molecule has 130 valence electrons. The summed E-state index contributed by atoms with van der Waals surface area (Å²) in [6.45, 7) is 3.30. The molecule has 4 heteroatoms. The van der Waals surface area contributed by atoms with Crippen LogP contribution < -0.4 is 0 Å². The standard InChI is InChI=1S/C21H25N3S/c1-25-16-18-10-8-17(9-11-18)14-23-12-4-6-20(15-23)24-21-7-3-2-5-19(21)13-22-24/h2-3,5,7-11,13,20H,4,6,12,14-16H2,1H3. The van der Waals surface area contributed by atoms with Gasteiger partial charge in [0.15, 0.2) is 0 Å². The minimum Gasteiger partial charge on any atom is -0.297 e. The predicted molar refractivity (Wildman–Crippen MR) is 107 cm³/mol. The van der Waals surface area contributed by atoms with Gasteiger partial charge in [0, 0.05) is 24.2 Å². The van der Waals surface area contributed by atoms with E-state index in [0.717, 1.165) is 18.8 Å². The van der Waals surface area contributed by atoms with E-state index in [1.165, 1.54) is 41.4 Å². The fraction of sp³-hybridized carbons (Fsp3) is 0.381. The van der Waals surface area contributed by atoms with E-state index in [1.807, 2.05) is 18.0 Å². The van der Waals surface area contributed by atoms with Crippen LogP contribution in [0.25, 0.3) is 10.9 Å². The van der Waals surface area contributed by atoms with E-state index < -0.39 is 0 Å². The van der Waals surface area contributed by atoms with Crippen molar-refractivity contribution in [1.29, 1.82) is 0 Å². The van der Waals surface area contributed by atoms with E-state index >= 15 is 0 Å². The van der Waals surface area contributed by atoms with Crippen LogP contribution >= 0.6 is 11.8 Å². The topological polar surface area (TPSA) is 21.1 Å². The number of rotatable bonds is 5. The molecule has 0 bridgehead atoms. The van der Waals surface area contributed by atoms with Crippen molar-refractivity contribution in [1.82, 2.24) is 14.7 Å². The molecule has 0 saturated carbocycles. The lowest BCUT2D eigenvalue weighted by Crippen LogP contribution is -2.36. The monoisotopic (exact) mass is 351 g/mol. The lowest BCUT2D eigenvalue weighted by molar-refractivity contribution is 0.165. The molecule has 1 fully saturated rings. The molecular formula is C21H25N3S. The number of aromatic nitrogens is 2. The van der Waals surface area contributed by atoms with Crippen LogP contribution in [0.5, 0.6) is 0 Å². The molecule has 1 atom stereocenters. The summed E-state index contributed by atoms with van der Waals surface area (Å²) >= 11 is 1.88. The minimum absolute atomic E-state index is 0.476. The molecule has 1 unspecified atom stereocenters. The quantitative estimate of drug-likeness (QED) is 0.663. The molecule has 25 heavy (non-hydrogen) atoms. The van der Waals surface area contributed by atoms with E-state index in [4.69, 9.17) is 0 Å². The molecular weight excluding hydrogens is 326 g/mol. The average molecular weight is 352 g/mol. The molecule has 1 aliphatic rings. The Morgan fingerprint density at radius 3 is 2.72 bits per heavy atom. The van der Waals surface area contributed by atoms with Gasteiger partial charge in [0.2, 0.25) is 0 Å². The number of nitrogens with zero attached hydrogens (tertiary/aromatic N) is 3. The second-order valence-electron chi connectivity index (χ2n) is 6.93. The molecule has 3 aromatic rings. The number of thioether (sulfide) groups is 1. The number of benzene rings is 2. The Labute approximate surface area is 154 Å². The molecule has 1 aromatic heterocycles.